The highest BCUT2D eigenvalue weighted by Gasteiger charge is 2.19. The quantitative estimate of drug-likeness (QED) is 0.0350. The van der Waals surface area contributed by atoms with Crippen LogP contribution in [0.1, 0.15) is 259 Å². The maximum Gasteiger partial charge on any atom is 0.306 e. The Labute approximate surface area is 336 Å². The second-order valence-electron chi connectivity index (χ2n) is 17.1. The first-order valence-electron chi connectivity index (χ1n) is 23.8. The molecule has 0 aliphatic heterocycles. The summed E-state index contributed by atoms with van der Waals surface area (Å²) < 4.78 is 16.7. The van der Waals surface area contributed by atoms with E-state index in [4.69, 9.17) is 14.2 Å². The molecule has 0 amide bonds. The number of carbonyl (C=O) groups is 3. The lowest BCUT2D eigenvalue weighted by Gasteiger charge is -2.18. The summed E-state index contributed by atoms with van der Waals surface area (Å²) >= 11 is 0. The Kier molecular flexibility index (Phi) is 39.8. The van der Waals surface area contributed by atoms with Crippen molar-refractivity contribution >= 4 is 17.9 Å². The minimum Gasteiger partial charge on any atom is -0.462 e. The number of hydrogen-bond donors (Lipinski definition) is 0. The van der Waals surface area contributed by atoms with Gasteiger partial charge in [0.2, 0.25) is 0 Å². The van der Waals surface area contributed by atoms with Crippen LogP contribution in [0.4, 0.5) is 0 Å². The van der Waals surface area contributed by atoms with Gasteiger partial charge in [0.05, 0.1) is 0 Å². The minimum atomic E-state index is -0.760. The van der Waals surface area contributed by atoms with Gasteiger partial charge in [-0.15, -0.1) is 0 Å². The Morgan fingerprint density at radius 1 is 0.389 bits per heavy atom. The Hall–Kier alpha value is -1.59. The molecule has 0 rings (SSSR count). The molecule has 0 saturated heterocycles. The molecule has 0 aromatic rings. The maximum atomic E-state index is 12.7. The van der Waals surface area contributed by atoms with Gasteiger partial charge in [-0.25, -0.2) is 0 Å². The fourth-order valence-corrected chi connectivity index (χ4v) is 7.07. The minimum absolute atomic E-state index is 0.0649. The lowest BCUT2D eigenvalue weighted by molar-refractivity contribution is -0.167. The maximum absolute atomic E-state index is 12.7. The zero-order chi connectivity index (χ0) is 39.7. The second-order valence-corrected chi connectivity index (χ2v) is 17.1. The van der Waals surface area contributed by atoms with Crippen molar-refractivity contribution < 1.29 is 28.6 Å². The van der Waals surface area contributed by atoms with Crippen molar-refractivity contribution in [3.63, 3.8) is 0 Å². The molecule has 6 nitrogen and oxygen atoms in total. The van der Waals surface area contributed by atoms with Gasteiger partial charge in [0.1, 0.15) is 13.2 Å². The third-order valence-corrected chi connectivity index (χ3v) is 11.1. The van der Waals surface area contributed by atoms with Crippen LogP contribution >= 0.6 is 0 Å². The lowest BCUT2D eigenvalue weighted by Crippen LogP contribution is -2.30. The molecule has 2 atom stereocenters. The third kappa shape index (κ3) is 40.1. The van der Waals surface area contributed by atoms with Gasteiger partial charge in [0, 0.05) is 19.3 Å². The van der Waals surface area contributed by atoms with Crippen LogP contribution in [0, 0.1) is 11.8 Å². The number of ether oxygens (including phenoxy) is 3. The van der Waals surface area contributed by atoms with E-state index in [9.17, 15) is 14.4 Å². The summed E-state index contributed by atoms with van der Waals surface area (Å²) in [6.07, 6.45) is 39.4. The SMILES string of the molecule is CCCCCCCCCCCCC(=O)OC[C@@H](COC(=O)CCCCCCCCCCCCCC(C)C)OC(=O)CCCCCCCCCCC(C)CC. The summed E-state index contributed by atoms with van der Waals surface area (Å²) in [6.45, 7) is 11.3. The standard InChI is InChI=1S/C48H92O6/c1-6-8-9-10-11-12-17-23-28-33-38-46(49)52-41-45(54-48(51)40-35-30-25-20-19-22-27-32-37-44(5)7-2)42-53-47(50)39-34-29-24-18-15-13-14-16-21-26-31-36-43(3)4/h43-45H,6-42H2,1-5H3/t44?,45-/m0/s1. The van der Waals surface area contributed by atoms with E-state index in [0.717, 1.165) is 69.6 Å². The number of hydrogen-bond acceptors (Lipinski definition) is 6. The second kappa shape index (κ2) is 41.1. The molecule has 0 fully saturated rings. The monoisotopic (exact) mass is 765 g/mol. The number of rotatable bonds is 42. The first kappa shape index (κ1) is 52.4. The first-order valence-corrected chi connectivity index (χ1v) is 23.8. The van der Waals surface area contributed by atoms with Crippen molar-refractivity contribution in [2.24, 2.45) is 11.8 Å². The fourth-order valence-electron chi connectivity index (χ4n) is 7.07. The van der Waals surface area contributed by atoms with Crippen molar-refractivity contribution in [1.82, 2.24) is 0 Å². The van der Waals surface area contributed by atoms with Gasteiger partial charge in [-0.2, -0.15) is 0 Å². The van der Waals surface area contributed by atoms with Crippen LogP contribution in [0.15, 0.2) is 0 Å². The molecule has 54 heavy (non-hydrogen) atoms. The molecule has 0 bridgehead atoms. The summed E-state index contributed by atoms with van der Waals surface area (Å²) in [5.74, 6) is 0.815. The smallest absolute Gasteiger partial charge is 0.306 e. The van der Waals surface area contributed by atoms with Crippen LogP contribution in [0.3, 0.4) is 0 Å². The molecule has 0 N–H and O–H groups in total. The van der Waals surface area contributed by atoms with E-state index in [1.54, 1.807) is 0 Å². The zero-order valence-electron chi connectivity index (χ0n) is 36.8. The first-order chi connectivity index (χ1) is 26.3. The number of unbranched alkanes of at least 4 members (excludes halogenated alkanes) is 26. The molecule has 0 saturated carbocycles. The molecule has 0 aromatic heterocycles. The van der Waals surface area contributed by atoms with Gasteiger partial charge in [0.25, 0.3) is 0 Å². The van der Waals surface area contributed by atoms with E-state index < -0.39 is 6.10 Å². The molecule has 0 heterocycles. The van der Waals surface area contributed by atoms with E-state index >= 15 is 0 Å². The molecule has 0 radical (unpaired) electrons. The van der Waals surface area contributed by atoms with Crippen LogP contribution in [0.25, 0.3) is 0 Å². The average molecular weight is 765 g/mol. The Bertz CT molecular complexity index is 826. The normalized spacial score (nSPS) is 12.6. The third-order valence-electron chi connectivity index (χ3n) is 11.1. The lowest BCUT2D eigenvalue weighted by atomic mass is 9.99. The summed E-state index contributed by atoms with van der Waals surface area (Å²) in [7, 11) is 0. The van der Waals surface area contributed by atoms with Crippen LogP contribution < -0.4 is 0 Å². The molecule has 0 aromatic carbocycles. The number of carbonyl (C=O) groups excluding carboxylic acids is 3. The van der Waals surface area contributed by atoms with Crippen molar-refractivity contribution in [2.45, 2.75) is 265 Å². The van der Waals surface area contributed by atoms with E-state index in [1.165, 1.54) is 148 Å². The van der Waals surface area contributed by atoms with Gasteiger partial charge < -0.3 is 14.2 Å². The predicted octanol–water partition coefficient (Wildman–Crippen LogP) is 15.0. The van der Waals surface area contributed by atoms with Crippen molar-refractivity contribution in [2.75, 3.05) is 13.2 Å². The Morgan fingerprint density at radius 3 is 1.06 bits per heavy atom. The van der Waals surface area contributed by atoms with Gasteiger partial charge in [-0.3, -0.25) is 14.4 Å². The molecule has 0 aliphatic rings. The Balaban J connectivity index is 4.33. The largest absolute Gasteiger partial charge is 0.462 e. The van der Waals surface area contributed by atoms with Crippen LogP contribution in [-0.4, -0.2) is 37.2 Å². The average Bonchev–Trinajstić information content (AvgIpc) is 3.15. The summed E-state index contributed by atoms with van der Waals surface area (Å²) in [6, 6.07) is 0. The molecule has 0 spiro atoms. The van der Waals surface area contributed by atoms with Gasteiger partial charge in [-0.1, -0.05) is 221 Å². The number of esters is 3. The van der Waals surface area contributed by atoms with E-state index in [2.05, 4.69) is 34.6 Å². The summed E-state index contributed by atoms with van der Waals surface area (Å²) in [5.41, 5.74) is 0. The zero-order valence-corrected chi connectivity index (χ0v) is 36.8. The van der Waals surface area contributed by atoms with E-state index in [1.807, 2.05) is 0 Å². The van der Waals surface area contributed by atoms with Crippen LogP contribution in [0.5, 0.6) is 0 Å². The molecular weight excluding hydrogens is 673 g/mol. The predicted molar refractivity (Wildman–Crippen MR) is 229 cm³/mol. The van der Waals surface area contributed by atoms with E-state index in [-0.39, 0.29) is 31.1 Å². The molecular formula is C48H92O6. The van der Waals surface area contributed by atoms with Crippen LogP contribution in [-0.2, 0) is 28.6 Å². The fraction of sp³-hybridized carbons (Fsp3) is 0.938. The topological polar surface area (TPSA) is 78.9 Å². The van der Waals surface area contributed by atoms with Crippen LogP contribution in [0.2, 0.25) is 0 Å². The molecule has 1 unspecified atom stereocenters. The van der Waals surface area contributed by atoms with Crippen molar-refractivity contribution in [3.8, 4) is 0 Å². The van der Waals surface area contributed by atoms with E-state index in [0.29, 0.717) is 19.3 Å². The van der Waals surface area contributed by atoms with Crippen molar-refractivity contribution in [1.29, 1.82) is 0 Å². The molecule has 320 valence electrons. The molecule has 0 aliphatic carbocycles. The van der Waals surface area contributed by atoms with Gasteiger partial charge in [0.15, 0.2) is 6.10 Å². The van der Waals surface area contributed by atoms with Crippen molar-refractivity contribution in [3.05, 3.63) is 0 Å². The molecule has 6 heteroatoms. The Morgan fingerprint density at radius 2 is 0.704 bits per heavy atom. The summed E-state index contributed by atoms with van der Waals surface area (Å²) in [5, 5.41) is 0. The van der Waals surface area contributed by atoms with Gasteiger partial charge in [-0.05, 0) is 31.1 Å². The summed E-state index contributed by atoms with van der Waals surface area (Å²) in [4.78, 5) is 37.7. The highest BCUT2D eigenvalue weighted by atomic mass is 16.6. The van der Waals surface area contributed by atoms with Gasteiger partial charge >= 0.3 is 17.9 Å². The highest BCUT2D eigenvalue weighted by molar-refractivity contribution is 5.71. The highest BCUT2D eigenvalue weighted by Crippen LogP contribution is 2.17.